The summed E-state index contributed by atoms with van der Waals surface area (Å²) in [5.41, 5.74) is 10.3. The first kappa shape index (κ1) is 12.4. The molecule has 1 atom stereocenters. The van der Waals surface area contributed by atoms with Crippen LogP contribution in [0.1, 0.15) is 43.1 Å². The molecule has 100 valence electrons. The Balaban J connectivity index is 1.95. The van der Waals surface area contributed by atoms with Crippen LogP contribution in [0.25, 0.3) is 0 Å². The van der Waals surface area contributed by atoms with Crippen molar-refractivity contribution in [1.29, 1.82) is 0 Å². The summed E-state index contributed by atoms with van der Waals surface area (Å²) in [6, 6.07) is 10.9. The Morgan fingerprint density at radius 1 is 1.26 bits per heavy atom. The summed E-state index contributed by atoms with van der Waals surface area (Å²) in [6.07, 6.45) is 4.89. The van der Waals surface area contributed by atoms with Crippen LogP contribution in [0.4, 0.5) is 0 Å². The van der Waals surface area contributed by atoms with E-state index in [4.69, 9.17) is 5.73 Å². The minimum absolute atomic E-state index is 0.237. The number of fused-ring (bicyclic) bond motifs is 1. The molecule has 0 bridgehead atoms. The van der Waals surface area contributed by atoms with Crippen molar-refractivity contribution in [3.8, 4) is 0 Å². The van der Waals surface area contributed by atoms with Crippen LogP contribution in [0.2, 0.25) is 0 Å². The molecule has 1 aliphatic rings. The molecule has 1 aromatic carbocycles. The molecule has 19 heavy (non-hydrogen) atoms. The Hall–Kier alpha value is -1.61. The first-order valence-electron chi connectivity index (χ1n) is 7.00. The van der Waals surface area contributed by atoms with E-state index in [1.165, 1.54) is 16.8 Å². The van der Waals surface area contributed by atoms with Gasteiger partial charge in [-0.05, 0) is 44.2 Å². The van der Waals surface area contributed by atoms with Crippen molar-refractivity contribution in [2.45, 2.75) is 44.7 Å². The largest absolute Gasteiger partial charge is 0.321 e. The molecule has 1 aromatic heterocycles. The first-order chi connectivity index (χ1) is 9.10. The van der Waals surface area contributed by atoms with Gasteiger partial charge in [0.1, 0.15) is 0 Å². The van der Waals surface area contributed by atoms with E-state index in [0.29, 0.717) is 6.04 Å². The van der Waals surface area contributed by atoms with E-state index in [9.17, 15) is 0 Å². The fourth-order valence-corrected chi connectivity index (χ4v) is 3.08. The smallest absolute Gasteiger partial charge is 0.0525 e. The Labute approximate surface area is 114 Å². The van der Waals surface area contributed by atoms with Crippen LogP contribution in [0.15, 0.2) is 36.5 Å². The summed E-state index contributed by atoms with van der Waals surface area (Å²) in [4.78, 5) is 0. The molecule has 1 unspecified atom stereocenters. The fourth-order valence-electron chi connectivity index (χ4n) is 3.08. The maximum atomic E-state index is 6.64. The summed E-state index contributed by atoms with van der Waals surface area (Å²) in [5.74, 6) is 0. The number of rotatable bonds is 2. The molecule has 2 N–H and O–H groups in total. The third-order valence-electron chi connectivity index (χ3n) is 4.14. The lowest BCUT2D eigenvalue weighted by Gasteiger charge is -2.34. The zero-order valence-electron chi connectivity index (χ0n) is 11.6. The molecular formula is C16H21N3. The number of hydrogen-bond acceptors (Lipinski definition) is 2. The first-order valence-corrected chi connectivity index (χ1v) is 7.00. The summed E-state index contributed by atoms with van der Waals surface area (Å²) >= 11 is 0. The number of hydrogen-bond donors (Lipinski definition) is 1. The van der Waals surface area contributed by atoms with Gasteiger partial charge in [0, 0.05) is 17.3 Å². The quantitative estimate of drug-likeness (QED) is 0.896. The molecule has 1 aliphatic carbocycles. The van der Waals surface area contributed by atoms with Gasteiger partial charge in [0.2, 0.25) is 0 Å². The van der Waals surface area contributed by atoms with Crippen LogP contribution in [-0.2, 0) is 18.4 Å². The second kappa shape index (κ2) is 4.49. The Morgan fingerprint density at radius 3 is 2.68 bits per heavy atom. The van der Waals surface area contributed by atoms with Crippen molar-refractivity contribution in [2.75, 3.05) is 0 Å². The Morgan fingerprint density at radius 2 is 2.00 bits per heavy atom. The van der Waals surface area contributed by atoms with Crippen molar-refractivity contribution in [3.63, 3.8) is 0 Å². The predicted molar refractivity (Wildman–Crippen MR) is 76.9 cm³/mol. The van der Waals surface area contributed by atoms with E-state index >= 15 is 0 Å². The molecule has 0 saturated carbocycles. The van der Waals surface area contributed by atoms with E-state index in [0.717, 1.165) is 19.3 Å². The van der Waals surface area contributed by atoms with Crippen molar-refractivity contribution >= 4 is 0 Å². The second-order valence-electron chi connectivity index (χ2n) is 5.85. The van der Waals surface area contributed by atoms with Crippen LogP contribution in [0, 0.1) is 0 Å². The maximum Gasteiger partial charge on any atom is 0.0525 e. The maximum absolute atomic E-state index is 6.64. The molecule has 0 saturated heterocycles. The minimum atomic E-state index is -0.237. The second-order valence-corrected chi connectivity index (χ2v) is 5.85. The number of aromatic nitrogens is 2. The molecule has 0 amide bonds. The lowest BCUT2D eigenvalue weighted by atomic mass is 9.76. The predicted octanol–water partition coefficient (Wildman–Crippen LogP) is 2.81. The van der Waals surface area contributed by atoms with Gasteiger partial charge in [0.25, 0.3) is 0 Å². The number of nitrogens with two attached hydrogens (primary N) is 1. The van der Waals surface area contributed by atoms with E-state index in [1.54, 1.807) is 0 Å². The molecular weight excluding hydrogens is 234 g/mol. The standard InChI is InChI=1S/C16H21N3/c1-12(2)19-15-8-9-16(17,10-13(15)11-18-19)14-6-4-3-5-7-14/h3-7,11-12H,8-10,17H2,1-2H3. The van der Waals surface area contributed by atoms with Gasteiger partial charge in [0.05, 0.1) is 6.20 Å². The van der Waals surface area contributed by atoms with Gasteiger partial charge in [-0.15, -0.1) is 0 Å². The average Bonchev–Trinajstić information content (AvgIpc) is 2.82. The molecule has 3 rings (SSSR count). The van der Waals surface area contributed by atoms with Gasteiger partial charge in [-0.3, -0.25) is 4.68 Å². The van der Waals surface area contributed by atoms with Crippen molar-refractivity contribution < 1.29 is 0 Å². The molecule has 0 aliphatic heterocycles. The fraction of sp³-hybridized carbons (Fsp3) is 0.438. The van der Waals surface area contributed by atoms with Crippen LogP contribution in [-0.4, -0.2) is 9.78 Å². The van der Waals surface area contributed by atoms with E-state index in [-0.39, 0.29) is 5.54 Å². The molecule has 3 heteroatoms. The molecule has 0 fully saturated rings. The Kier molecular flexibility index (Phi) is 2.94. The van der Waals surface area contributed by atoms with Crippen LogP contribution < -0.4 is 5.73 Å². The lowest BCUT2D eigenvalue weighted by molar-refractivity contribution is 0.371. The SMILES string of the molecule is CC(C)n1ncc2c1CCC(N)(c1ccccc1)C2. The minimum Gasteiger partial charge on any atom is -0.321 e. The highest BCUT2D eigenvalue weighted by Crippen LogP contribution is 2.35. The van der Waals surface area contributed by atoms with Gasteiger partial charge in [-0.1, -0.05) is 30.3 Å². The van der Waals surface area contributed by atoms with E-state index < -0.39 is 0 Å². The molecule has 0 radical (unpaired) electrons. The van der Waals surface area contributed by atoms with Gasteiger partial charge >= 0.3 is 0 Å². The number of benzene rings is 1. The summed E-state index contributed by atoms with van der Waals surface area (Å²) in [5, 5.41) is 4.52. The molecule has 2 aromatic rings. The van der Waals surface area contributed by atoms with Crippen molar-refractivity contribution in [1.82, 2.24) is 9.78 Å². The van der Waals surface area contributed by atoms with Gasteiger partial charge < -0.3 is 5.73 Å². The van der Waals surface area contributed by atoms with Crippen LogP contribution in [0.3, 0.4) is 0 Å². The average molecular weight is 255 g/mol. The Bertz CT molecular complexity index is 571. The van der Waals surface area contributed by atoms with Crippen LogP contribution >= 0.6 is 0 Å². The van der Waals surface area contributed by atoms with Gasteiger partial charge in [0.15, 0.2) is 0 Å². The van der Waals surface area contributed by atoms with Crippen LogP contribution in [0.5, 0.6) is 0 Å². The summed E-state index contributed by atoms with van der Waals surface area (Å²) in [7, 11) is 0. The van der Waals surface area contributed by atoms with E-state index in [1.807, 2.05) is 12.3 Å². The molecule has 3 nitrogen and oxygen atoms in total. The summed E-state index contributed by atoms with van der Waals surface area (Å²) in [6.45, 7) is 4.35. The monoisotopic (exact) mass is 255 g/mol. The number of nitrogens with zero attached hydrogens (tertiary/aromatic N) is 2. The van der Waals surface area contributed by atoms with Gasteiger partial charge in [-0.25, -0.2) is 0 Å². The molecule has 1 heterocycles. The lowest BCUT2D eigenvalue weighted by Crippen LogP contribution is -2.42. The van der Waals surface area contributed by atoms with Crippen molar-refractivity contribution in [3.05, 3.63) is 53.3 Å². The molecule has 0 spiro atoms. The highest BCUT2D eigenvalue weighted by molar-refractivity contribution is 5.33. The summed E-state index contributed by atoms with van der Waals surface area (Å²) < 4.78 is 2.14. The highest BCUT2D eigenvalue weighted by atomic mass is 15.3. The third kappa shape index (κ3) is 2.08. The third-order valence-corrected chi connectivity index (χ3v) is 4.14. The normalized spacial score (nSPS) is 22.5. The highest BCUT2D eigenvalue weighted by Gasteiger charge is 2.34. The zero-order valence-corrected chi connectivity index (χ0v) is 11.6. The van der Waals surface area contributed by atoms with Gasteiger partial charge in [-0.2, -0.15) is 5.10 Å². The topological polar surface area (TPSA) is 43.8 Å². The zero-order chi connectivity index (χ0) is 13.5. The van der Waals surface area contributed by atoms with Crippen molar-refractivity contribution in [2.24, 2.45) is 5.73 Å². The van der Waals surface area contributed by atoms with E-state index in [2.05, 4.69) is 47.9 Å².